The summed E-state index contributed by atoms with van der Waals surface area (Å²) < 4.78 is 6.22. The fraction of sp³-hybridized carbons (Fsp3) is 0.529. The minimum atomic E-state index is -0.289. The molecule has 1 amide bonds. The number of amides is 1. The minimum absolute atomic E-state index is 0.203. The first-order valence-electron chi connectivity index (χ1n) is 7.81. The normalized spacial score (nSPS) is 26.0. The van der Waals surface area contributed by atoms with Crippen LogP contribution >= 0.6 is 22.6 Å². The quantitative estimate of drug-likeness (QED) is 0.593. The summed E-state index contributed by atoms with van der Waals surface area (Å²) >= 11 is 2.20. The highest BCUT2D eigenvalue weighted by molar-refractivity contribution is 14.1. The number of halogens is 1. The van der Waals surface area contributed by atoms with Crippen LogP contribution in [0, 0.1) is 21.3 Å². The lowest BCUT2D eigenvalue weighted by atomic mass is 9.86. The van der Waals surface area contributed by atoms with Crippen LogP contribution in [0.4, 0.5) is 5.69 Å². The Morgan fingerprint density at radius 1 is 1.18 bits per heavy atom. The summed E-state index contributed by atoms with van der Waals surface area (Å²) in [7, 11) is 0. The van der Waals surface area contributed by atoms with Crippen molar-refractivity contribution in [1.82, 2.24) is 0 Å². The van der Waals surface area contributed by atoms with Crippen LogP contribution in [0.1, 0.15) is 32.1 Å². The molecule has 0 saturated heterocycles. The number of nitrogens with one attached hydrogen (secondary N) is 1. The van der Waals surface area contributed by atoms with Gasteiger partial charge in [-0.3, -0.25) is 9.59 Å². The SMILES string of the molecule is O=C(COC(=O)CC1CC2CCC1C2)Nc1ccc(I)cc1. The van der Waals surface area contributed by atoms with Crippen LogP contribution < -0.4 is 5.32 Å². The first-order valence-corrected chi connectivity index (χ1v) is 8.89. The van der Waals surface area contributed by atoms with E-state index in [1.54, 1.807) is 0 Å². The van der Waals surface area contributed by atoms with Crippen LogP contribution in [0.15, 0.2) is 24.3 Å². The first-order chi connectivity index (χ1) is 10.6. The third-order valence-corrected chi connectivity index (χ3v) is 5.52. The highest BCUT2D eigenvalue weighted by Gasteiger charge is 2.40. The second kappa shape index (κ2) is 6.98. The maximum atomic E-state index is 11.9. The van der Waals surface area contributed by atoms with Crippen LogP contribution in [0.25, 0.3) is 0 Å². The summed E-state index contributed by atoms with van der Waals surface area (Å²) in [6.45, 7) is -0.203. The zero-order chi connectivity index (χ0) is 15.5. The predicted molar refractivity (Wildman–Crippen MR) is 92.3 cm³/mol. The molecule has 3 unspecified atom stereocenters. The van der Waals surface area contributed by atoms with Gasteiger partial charge in [0.15, 0.2) is 6.61 Å². The van der Waals surface area contributed by atoms with Gasteiger partial charge in [0, 0.05) is 15.7 Å². The van der Waals surface area contributed by atoms with Crippen molar-refractivity contribution in [1.29, 1.82) is 0 Å². The van der Waals surface area contributed by atoms with Gasteiger partial charge in [-0.15, -0.1) is 0 Å². The molecule has 2 saturated carbocycles. The molecule has 3 atom stereocenters. The van der Waals surface area contributed by atoms with Crippen molar-refractivity contribution in [3.05, 3.63) is 27.8 Å². The number of carbonyl (C=O) groups excluding carboxylic acids is 2. The molecule has 1 aromatic rings. The fourth-order valence-electron chi connectivity index (χ4n) is 3.78. The summed E-state index contributed by atoms with van der Waals surface area (Å²) in [6, 6.07) is 7.49. The van der Waals surface area contributed by atoms with Crippen LogP contribution in [0.3, 0.4) is 0 Å². The van der Waals surface area contributed by atoms with E-state index >= 15 is 0 Å². The number of hydrogen-bond acceptors (Lipinski definition) is 3. The average molecular weight is 413 g/mol. The van der Waals surface area contributed by atoms with Crippen molar-refractivity contribution in [3.63, 3.8) is 0 Å². The standard InChI is InChI=1S/C17H20INO3/c18-14-3-5-15(6-4-14)19-16(20)10-22-17(21)9-13-8-11-1-2-12(13)7-11/h3-6,11-13H,1-2,7-10H2,(H,19,20). The molecular formula is C17H20INO3. The van der Waals surface area contributed by atoms with Gasteiger partial charge in [-0.25, -0.2) is 0 Å². The molecule has 1 aromatic carbocycles. The number of ether oxygens (including phenoxy) is 1. The third kappa shape index (κ3) is 4.00. The zero-order valence-electron chi connectivity index (χ0n) is 12.4. The summed E-state index contributed by atoms with van der Waals surface area (Å²) in [5, 5.41) is 2.73. The predicted octanol–water partition coefficient (Wildman–Crippen LogP) is 3.60. The highest BCUT2D eigenvalue weighted by atomic mass is 127. The van der Waals surface area contributed by atoms with Gasteiger partial charge in [0.05, 0.1) is 0 Å². The Balaban J connectivity index is 1.39. The summed E-state index contributed by atoms with van der Waals surface area (Å²) in [6.07, 6.45) is 5.50. The van der Waals surface area contributed by atoms with Crippen molar-refractivity contribution in [2.45, 2.75) is 32.1 Å². The molecule has 4 nitrogen and oxygen atoms in total. The van der Waals surface area contributed by atoms with Gasteiger partial charge in [0.25, 0.3) is 5.91 Å². The van der Waals surface area contributed by atoms with Gasteiger partial charge >= 0.3 is 5.97 Å². The average Bonchev–Trinajstić information content (AvgIpc) is 3.10. The Bertz CT molecular complexity index is 558. The van der Waals surface area contributed by atoms with Gasteiger partial charge in [-0.05, 0) is 83.9 Å². The maximum absolute atomic E-state index is 11.9. The Morgan fingerprint density at radius 2 is 1.95 bits per heavy atom. The second-order valence-corrected chi connectivity index (χ2v) is 7.60. The van der Waals surface area contributed by atoms with Gasteiger partial charge in [-0.2, -0.15) is 0 Å². The first kappa shape index (κ1) is 15.8. The minimum Gasteiger partial charge on any atom is -0.456 e. The van der Waals surface area contributed by atoms with Crippen LogP contribution in [0.5, 0.6) is 0 Å². The van der Waals surface area contributed by atoms with E-state index in [4.69, 9.17) is 4.74 Å². The van der Waals surface area contributed by atoms with E-state index in [-0.39, 0.29) is 18.5 Å². The number of benzene rings is 1. The Morgan fingerprint density at radius 3 is 2.59 bits per heavy atom. The van der Waals surface area contributed by atoms with E-state index in [2.05, 4.69) is 27.9 Å². The topological polar surface area (TPSA) is 55.4 Å². The van der Waals surface area contributed by atoms with E-state index < -0.39 is 0 Å². The Labute approximate surface area is 144 Å². The molecule has 0 heterocycles. The van der Waals surface area contributed by atoms with Crippen molar-refractivity contribution in [2.24, 2.45) is 17.8 Å². The molecular weight excluding hydrogens is 393 g/mol. The summed E-state index contributed by atoms with van der Waals surface area (Å²) in [4.78, 5) is 23.7. The molecule has 2 fully saturated rings. The van der Waals surface area contributed by atoms with Crippen molar-refractivity contribution in [3.8, 4) is 0 Å². The van der Waals surface area contributed by atoms with Gasteiger partial charge in [0.1, 0.15) is 0 Å². The highest BCUT2D eigenvalue weighted by Crippen LogP contribution is 2.49. The molecule has 0 radical (unpaired) electrons. The lowest BCUT2D eigenvalue weighted by Crippen LogP contribution is -2.23. The maximum Gasteiger partial charge on any atom is 0.306 e. The largest absolute Gasteiger partial charge is 0.456 e. The van der Waals surface area contributed by atoms with E-state index in [9.17, 15) is 9.59 Å². The summed E-state index contributed by atoms with van der Waals surface area (Å²) in [5.41, 5.74) is 0.717. The molecule has 118 valence electrons. The number of hydrogen-bond donors (Lipinski definition) is 1. The van der Waals surface area contributed by atoms with Crippen molar-refractivity contribution in [2.75, 3.05) is 11.9 Å². The number of anilines is 1. The molecule has 1 N–H and O–H groups in total. The van der Waals surface area contributed by atoms with E-state index in [1.165, 1.54) is 19.3 Å². The van der Waals surface area contributed by atoms with E-state index in [0.717, 1.165) is 21.6 Å². The molecule has 22 heavy (non-hydrogen) atoms. The molecule has 2 aliphatic rings. The van der Waals surface area contributed by atoms with Crippen LogP contribution in [-0.4, -0.2) is 18.5 Å². The monoisotopic (exact) mass is 413 g/mol. The number of rotatable bonds is 5. The van der Waals surface area contributed by atoms with Crippen molar-refractivity contribution < 1.29 is 14.3 Å². The molecule has 2 bridgehead atoms. The number of fused-ring (bicyclic) bond motifs is 2. The second-order valence-electron chi connectivity index (χ2n) is 6.35. The third-order valence-electron chi connectivity index (χ3n) is 4.81. The van der Waals surface area contributed by atoms with Gasteiger partial charge < -0.3 is 10.1 Å². The van der Waals surface area contributed by atoms with Crippen LogP contribution in [-0.2, 0) is 14.3 Å². The zero-order valence-corrected chi connectivity index (χ0v) is 14.5. The Kier molecular flexibility index (Phi) is 5.00. The summed E-state index contributed by atoms with van der Waals surface area (Å²) in [5.74, 6) is 1.48. The lowest BCUT2D eigenvalue weighted by Gasteiger charge is -2.20. The lowest BCUT2D eigenvalue weighted by molar-refractivity contribution is -0.148. The van der Waals surface area contributed by atoms with Crippen molar-refractivity contribution >= 4 is 40.2 Å². The fourth-order valence-corrected chi connectivity index (χ4v) is 4.14. The molecule has 0 spiro atoms. The van der Waals surface area contributed by atoms with E-state index in [1.807, 2.05) is 24.3 Å². The molecule has 0 aromatic heterocycles. The molecule has 3 rings (SSSR count). The molecule has 5 heteroatoms. The van der Waals surface area contributed by atoms with Gasteiger partial charge in [-0.1, -0.05) is 6.42 Å². The van der Waals surface area contributed by atoms with Crippen LogP contribution in [0.2, 0.25) is 0 Å². The van der Waals surface area contributed by atoms with E-state index in [0.29, 0.717) is 18.3 Å². The molecule has 2 aliphatic carbocycles. The van der Waals surface area contributed by atoms with Gasteiger partial charge in [0.2, 0.25) is 0 Å². The number of esters is 1. The number of carbonyl (C=O) groups is 2. The Hall–Kier alpha value is -1.11. The molecule has 0 aliphatic heterocycles. The smallest absolute Gasteiger partial charge is 0.306 e.